The molecule has 0 radical (unpaired) electrons. The second-order valence-corrected chi connectivity index (χ2v) is 5.29. The zero-order chi connectivity index (χ0) is 15.6. The van der Waals surface area contributed by atoms with E-state index in [0.717, 1.165) is 0 Å². The highest BCUT2D eigenvalue weighted by atomic mass is 35.5. The van der Waals surface area contributed by atoms with Gasteiger partial charge in [-0.25, -0.2) is 0 Å². The van der Waals surface area contributed by atoms with Gasteiger partial charge in [-0.1, -0.05) is 11.6 Å². The maximum absolute atomic E-state index is 12.3. The van der Waals surface area contributed by atoms with Gasteiger partial charge in [-0.3, -0.25) is 14.6 Å². The molecule has 0 spiro atoms. The fraction of sp³-hybridized carbons (Fsp3) is 0.267. The highest BCUT2D eigenvalue weighted by molar-refractivity contribution is 6.36. The maximum atomic E-state index is 12.3. The number of hydrogen-bond donors (Lipinski definition) is 2. The summed E-state index contributed by atoms with van der Waals surface area (Å²) < 4.78 is 0. The van der Waals surface area contributed by atoms with E-state index in [1.165, 1.54) is 0 Å². The van der Waals surface area contributed by atoms with E-state index in [4.69, 9.17) is 16.7 Å². The van der Waals surface area contributed by atoms with Crippen LogP contribution in [0.1, 0.15) is 24.2 Å². The van der Waals surface area contributed by atoms with E-state index in [1.54, 1.807) is 44.3 Å². The molecule has 0 bridgehead atoms. The van der Waals surface area contributed by atoms with Crippen LogP contribution in [-0.4, -0.2) is 28.0 Å². The third-order valence-electron chi connectivity index (χ3n) is 3.46. The molecule has 2 atom stereocenters. The number of nitrogens with one attached hydrogen (secondary N) is 1. The Morgan fingerprint density at radius 3 is 2.67 bits per heavy atom. The summed E-state index contributed by atoms with van der Waals surface area (Å²) in [6.07, 6.45) is 1.58. The number of halogens is 1. The first kappa shape index (κ1) is 15.3. The number of carboxylic acid groups (broad SMARTS) is 1. The lowest BCUT2D eigenvalue weighted by atomic mass is 10.0. The van der Waals surface area contributed by atoms with Crippen LogP contribution in [0, 0.1) is 5.92 Å². The van der Waals surface area contributed by atoms with Gasteiger partial charge >= 0.3 is 5.97 Å². The van der Waals surface area contributed by atoms with Crippen LogP contribution in [-0.2, 0) is 4.79 Å². The van der Waals surface area contributed by atoms with Crippen LogP contribution < -0.4 is 5.32 Å². The quantitative estimate of drug-likeness (QED) is 0.910. The Morgan fingerprint density at radius 1 is 1.29 bits per heavy atom. The average Bonchev–Trinajstić information content (AvgIpc) is 2.46. The number of aromatic nitrogens is 1. The lowest BCUT2D eigenvalue weighted by Crippen LogP contribution is -2.40. The number of aliphatic carboxylic acids is 1. The summed E-state index contributed by atoms with van der Waals surface area (Å²) in [7, 11) is 0. The summed E-state index contributed by atoms with van der Waals surface area (Å²) in [5.41, 5.74) is 0.872. The molecule has 1 aromatic carbocycles. The molecular weight excluding hydrogens is 292 g/mol. The van der Waals surface area contributed by atoms with Gasteiger partial charge in [0.05, 0.1) is 22.0 Å². The van der Waals surface area contributed by atoms with Crippen LogP contribution in [0.15, 0.2) is 30.5 Å². The zero-order valence-electron chi connectivity index (χ0n) is 11.6. The predicted molar refractivity (Wildman–Crippen MR) is 80.5 cm³/mol. The van der Waals surface area contributed by atoms with Crippen LogP contribution in [0.2, 0.25) is 5.02 Å². The largest absolute Gasteiger partial charge is 0.481 e. The van der Waals surface area contributed by atoms with E-state index in [-0.39, 0.29) is 5.91 Å². The van der Waals surface area contributed by atoms with E-state index in [9.17, 15) is 9.59 Å². The van der Waals surface area contributed by atoms with Crippen LogP contribution in [0.5, 0.6) is 0 Å². The first-order valence-electron chi connectivity index (χ1n) is 6.48. The van der Waals surface area contributed by atoms with Crippen LogP contribution in [0.4, 0.5) is 0 Å². The Kier molecular flexibility index (Phi) is 4.43. The number of rotatable bonds is 4. The van der Waals surface area contributed by atoms with Crippen molar-refractivity contribution in [1.82, 2.24) is 10.3 Å². The summed E-state index contributed by atoms with van der Waals surface area (Å²) in [4.78, 5) is 27.4. The molecule has 2 N–H and O–H groups in total. The molecule has 0 aliphatic carbocycles. The van der Waals surface area contributed by atoms with Crippen molar-refractivity contribution in [3.8, 4) is 0 Å². The standard InChI is InChI=1S/C15H15ClN2O3/c1-8(15(20)21)9(2)18-14(19)11-5-6-12(16)10-4-3-7-17-13(10)11/h3-9H,1-2H3,(H,18,19)(H,20,21). The highest BCUT2D eigenvalue weighted by Gasteiger charge is 2.22. The van der Waals surface area contributed by atoms with E-state index in [0.29, 0.717) is 21.5 Å². The monoisotopic (exact) mass is 306 g/mol. The Morgan fingerprint density at radius 2 is 2.00 bits per heavy atom. The molecule has 1 heterocycles. The van der Waals surface area contributed by atoms with Crippen molar-refractivity contribution in [3.63, 3.8) is 0 Å². The van der Waals surface area contributed by atoms with Crippen LogP contribution in [0.25, 0.3) is 10.9 Å². The van der Waals surface area contributed by atoms with Crippen molar-refractivity contribution in [2.45, 2.75) is 19.9 Å². The third-order valence-corrected chi connectivity index (χ3v) is 3.79. The molecule has 2 rings (SSSR count). The van der Waals surface area contributed by atoms with Gasteiger partial charge in [0, 0.05) is 17.6 Å². The molecule has 0 fully saturated rings. The van der Waals surface area contributed by atoms with Gasteiger partial charge < -0.3 is 10.4 Å². The second kappa shape index (κ2) is 6.10. The summed E-state index contributed by atoms with van der Waals surface area (Å²) in [6.45, 7) is 3.20. The van der Waals surface area contributed by atoms with E-state index >= 15 is 0 Å². The van der Waals surface area contributed by atoms with E-state index in [2.05, 4.69) is 10.3 Å². The van der Waals surface area contributed by atoms with Crippen molar-refractivity contribution in [2.24, 2.45) is 5.92 Å². The summed E-state index contributed by atoms with van der Waals surface area (Å²) in [6, 6.07) is 6.25. The second-order valence-electron chi connectivity index (χ2n) is 4.88. The van der Waals surface area contributed by atoms with Gasteiger partial charge in [0.15, 0.2) is 0 Å². The number of pyridine rings is 1. The van der Waals surface area contributed by atoms with Gasteiger partial charge in [-0.15, -0.1) is 0 Å². The Balaban J connectivity index is 2.32. The Hall–Kier alpha value is -2.14. The van der Waals surface area contributed by atoms with Gasteiger partial charge in [0.25, 0.3) is 5.91 Å². The molecule has 0 saturated carbocycles. The van der Waals surface area contributed by atoms with Crippen molar-refractivity contribution in [1.29, 1.82) is 0 Å². The predicted octanol–water partition coefficient (Wildman–Crippen LogP) is 2.73. The fourth-order valence-corrected chi connectivity index (χ4v) is 2.16. The normalized spacial score (nSPS) is 13.7. The third kappa shape index (κ3) is 3.13. The van der Waals surface area contributed by atoms with E-state index < -0.39 is 17.9 Å². The minimum absolute atomic E-state index is 0.365. The molecule has 1 aromatic heterocycles. The van der Waals surface area contributed by atoms with E-state index in [1.807, 2.05) is 0 Å². The topological polar surface area (TPSA) is 79.3 Å². The minimum atomic E-state index is -0.957. The molecule has 0 aliphatic heterocycles. The summed E-state index contributed by atoms with van der Waals surface area (Å²) in [5, 5.41) is 12.9. The van der Waals surface area contributed by atoms with Gasteiger partial charge in [0.1, 0.15) is 0 Å². The molecule has 6 heteroatoms. The fourth-order valence-electron chi connectivity index (χ4n) is 1.94. The summed E-state index contributed by atoms with van der Waals surface area (Å²) >= 11 is 6.08. The average molecular weight is 307 g/mol. The van der Waals surface area contributed by atoms with Gasteiger partial charge in [-0.2, -0.15) is 0 Å². The van der Waals surface area contributed by atoms with Crippen molar-refractivity contribution in [3.05, 3.63) is 41.0 Å². The first-order chi connectivity index (χ1) is 9.91. The molecule has 2 unspecified atom stereocenters. The molecule has 2 aromatic rings. The van der Waals surface area contributed by atoms with Crippen molar-refractivity contribution >= 4 is 34.4 Å². The number of fused-ring (bicyclic) bond motifs is 1. The number of carbonyl (C=O) groups is 2. The Labute approximate surface area is 126 Å². The molecule has 110 valence electrons. The molecular formula is C15H15ClN2O3. The van der Waals surface area contributed by atoms with Crippen molar-refractivity contribution in [2.75, 3.05) is 0 Å². The molecule has 0 aliphatic rings. The Bertz CT molecular complexity index is 702. The molecule has 1 amide bonds. The maximum Gasteiger partial charge on any atom is 0.308 e. The lowest BCUT2D eigenvalue weighted by molar-refractivity contribution is -0.141. The zero-order valence-corrected chi connectivity index (χ0v) is 12.4. The molecule has 0 saturated heterocycles. The van der Waals surface area contributed by atoms with Gasteiger partial charge in [0.2, 0.25) is 0 Å². The first-order valence-corrected chi connectivity index (χ1v) is 6.86. The minimum Gasteiger partial charge on any atom is -0.481 e. The number of amides is 1. The SMILES string of the molecule is CC(NC(=O)c1ccc(Cl)c2cccnc12)C(C)C(=O)O. The van der Waals surface area contributed by atoms with Crippen LogP contribution >= 0.6 is 11.6 Å². The highest BCUT2D eigenvalue weighted by Crippen LogP contribution is 2.24. The van der Waals surface area contributed by atoms with Gasteiger partial charge in [-0.05, 0) is 38.1 Å². The summed E-state index contributed by atoms with van der Waals surface area (Å²) in [5.74, 6) is -2.00. The number of nitrogens with zero attached hydrogens (tertiary/aromatic N) is 1. The van der Waals surface area contributed by atoms with Crippen molar-refractivity contribution < 1.29 is 14.7 Å². The lowest BCUT2D eigenvalue weighted by Gasteiger charge is -2.18. The number of hydrogen-bond acceptors (Lipinski definition) is 3. The molecule has 21 heavy (non-hydrogen) atoms. The number of carboxylic acids is 1. The molecule has 5 nitrogen and oxygen atoms in total. The number of carbonyl (C=O) groups excluding carboxylic acids is 1. The number of benzene rings is 1. The van der Waals surface area contributed by atoms with Crippen LogP contribution in [0.3, 0.4) is 0 Å². The smallest absolute Gasteiger partial charge is 0.308 e.